The molecule has 2 atom stereocenters. The molecular formula is C16H16Cl2N2O5S2. The van der Waals surface area contributed by atoms with E-state index in [4.69, 9.17) is 28.9 Å². The molecule has 7 nitrogen and oxygen atoms in total. The Morgan fingerprint density at radius 3 is 2.19 bits per heavy atom. The van der Waals surface area contributed by atoms with Crippen molar-refractivity contribution in [2.75, 3.05) is 21.5 Å². The second-order valence-electron chi connectivity index (χ2n) is 6.18. The molecule has 0 radical (unpaired) electrons. The third-order valence-corrected chi connectivity index (χ3v) is 8.48. The monoisotopic (exact) mass is 450 g/mol. The molecule has 2 aromatic rings. The molecule has 1 fully saturated rings. The Morgan fingerprint density at radius 2 is 1.67 bits per heavy atom. The molecule has 0 unspecified atom stereocenters. The van der Waals surface area contributed by atoms with Crippen molar-refractivity contribution in [3.8, 4) is 0 Å². The summed E-state index contributed by atoms with van der Waals surface area (Å²) in [5, 5.41) is 10.5. The Morgan fingerprint density at radius 1 is 1.04 bits per heavy atom. The second-order valence-corrected chi connectivity index (χ2v) is 11.0. The molecule has 27 heavy (non-hydrogen) atoms. The van der Waals surface area contributed by atoms with Gasteiger partial charge in [-0.05, 0) is 42.5 Å². The third kappa shape index (κ3) is 4.02. The lowest BCUT2D eigenvalue weighted by atomic mass is 10.2. The fourth-order valence-electron chi connectivity index (χ4n) is 2.92. The summed E-state index contributed by atoms with van der Waals surface area (Å²) in [6.07, 6.45) is -1.37. The molecule has 0 aromatic heterocycles. The molecule has 1 heterocycles. The lowest BCUT2D eigenvalue weighted by molar-refractivity contribution is 0.184. The number of hydrogen-bond donors (Lipinski definition) is 2. The van der Waals surface area contributed by atoms with Crippen molar-refractivity contribution in [2.45, 2.75) is 17.0 Å². The first-order valence-electron chi connectivity index (χ1n) is 7.75. The minimum Gasteiger partial charge on any atom is -0.399 e. The summed E-state index contributed by atoms with van der Waals surface area (Å²) in [7, 11) is -7.84. The summed E-state index contributed by atoms with van der Waals surface area (Å²) in [5.41, 5.74) is 6.25. The van der Waals surface area contributed by atoms with Crippen LogP contribution in [0.2, 0.25) is 10.0 Å². The Balaban J connectivity index is 2.17. The predicted molar refractivity (Wildman–Crippen MR) is 105 cm³/mol. The molecule has 3 rings (SSSR count). The standard InChI is InChI=1S/C16H16Cl2N2O5S2/c17-13-6-5-12(7-14(13)18)27(24,25)20(11-3-1-10(19)2-4-11)15-8-26(22,23)9-16(15)21/h1-7,15-16,21H,8-9,19H2/t15-,16+/m0/s1. The summed E-state index contributed by atoms with van der Waals surface area (Å²) in [5.74, 6) is -1.01. The zero-order valence-electron chi connectivity index (χ0n) is 13.8. The number of rotatable bonds is 4. The fourth-order valence-corrected chi connectivity index (χ4v) is 6.85. The van der Waals surface area contributed by atoms with Gasteiger partial charge in [0, 0.05) is 5.69 Å². The lowest BCUT2D eigenvalue weighted by Crippen LogP contribution is -2.47. The van der Waals surface area contributed by atoms with E-state index < -0.39 is 43.5 Å². The smallest absolute Gasteiger partial charge is 0.264 e. The van der Waals surface area contributed by atoms with E-state index in [0.29, 0.717) is 5.69 Å². The van der Waals surface area contributed by atoms with Crippen molar-refractivity contribution in [1.29, 1.82) is 0 Å². The molecule has 0 bridgehead atoms. The fraction of sp³-hybridized carbons (Fsp3) is 0.250. The van der Waals surface area contributed by atoms with Gasteiger partial charge in [0.25, 0.3) is 10.0 Å². The summed E-state index contributed by atoms with van der Waals surface area (Å²) in [6, 6.07) is 8.47. The number of anilines is 2. The molecular weight excluding hydrogens is 435 g/mol. The van der Waals surface area contributed by atoms with Gasteiger partial charge in [-0.1, -0.05) is 23.2 Å². The number of nitrogens with zero attached hydrogens (tertiary/aromatic N) is 1. The van der Waals surface area contributed by atoms with Crippen LogP contribution in [-0.2, 0) is 19.9 Å². The number of sulfonamides is 1. The average molecular weight is 451 g/mol. The third-order valence-electron chi connectivity index (χ3n) is 4.19. The summed E-state index contributed by atoms with van der Waals surface area (Å²) >= 11 is 11.8. The quantitative estimate of drug-likeness (QED) is 0.686. The number of halogens is 2. The number of hydrogen-bond acceptors (Lipinski definition) is 6. The SMILES string of the molecule is Nc1ccc(N([C@H]2CS(=O)(=O)C[C@H]2O)S(=O)(=O)c2ccc(Cl)c(Cl)c2)cc1. The maximum Gasteiger partial charge on any atom is 0.264 e. The second kappa shape index (κ2) is 7.14. The topological polar surface area (TPSA) is 118 Å². The number of aliphatic hydroxyl groups is 1. The van der Waals surface area contributed by atoms with Gasteiger partial charge >= 0.3 is 0 Å². The molecule has 1 aliphatic rings. The van der Waals surface area contributed by atoms with Gasteiger partial charge in [0.15, 0.2) is 9.84 Å². The molecule has 0 spiro atoms. The Labute approximate surface area is 167 Å². The summed E-state index contributed by atoms with van der Waals surface area (Å²) in [6.45, 7) is 0. The highest BCUT2D eigenvalue weighted by molar-refractivity contribution is 7.93. The zero-order valence-corrected chi connectivity index (χ0v) is 16.9. The Bertz CT molecular complexity index is 1070. The van der Waals surface area contributed by atoms with Crippen LogP contribution in [0.5, 0.6) is 0 Å². The van der Waals surface area contributed by atoms with Crippen LogP contribution in [0.1, 0.15) is 0 Å². The maximum atomic E-state index is 13.3. The van der Waals surface area contributed by atoms with Gasteiger partial charge in [0.1, 0.15) is 0 Å². The van der Waals surface area contributed by atoms with Crippen molar-refractivity contribution in [2.24, 2.45) is 0 Å². The van der Waals surface area contributed by atoms with Crippen molar-refractivity contribution in [3.05, 3.63) is 52.5 Å². The van der Waals surface area contributed by atoms with E-state index in [1.807, 2.05) is 0 Å². The Hall–Kier alpha value is -1.52. The van der Waals surface area contributed by atoms with E-state index >= 15 is 0 Å². The Kier molecular flexibility index (Phi) is 5.35. The zero-order chi connectivity index (χ0) is 20.0. The normalized spacial score (nSPS) is 21.9. The van der Waals surface area contributed by atoms with Crippen molar-refractivity contribution in [1.82, 2.24) is 0 Å². The van der Waals surface area contributed by atoms with Gasteiger partial charge in [0.05, 0.1) is 44.3 Å². The van der Waals surface area contributed by atoms with Gasteiger partial charge in [-0.15, -0.1) is 0 Å². The lowest BCUT2D eigenvalue weighted by Gasteiger charge is -2.31. The molecule has 11 heteroatoms. The number of benzene rings is 2. The van der Waals surface area contributed by atoms with Crippen molar-refractivity contribution < 1.29 is 21.9 Å². The van der Waals surface area contributed by atoms with Crippen LogP contribution in [0.25, 0.3) is 0 Å². The van der Waals surface area contributed by atoms with Gasteiger partial charge < -0.3 is 10.8 Å². The number of nitrogen functional groups attached to an aromatic ring is 1. The van der Waals surface area contributed by atoms with Crippen LogP contribution < -0.4 is 10.0 Å². The van der Waals surface area contributed by atoms with Crippen LogP contribution in [0.3, 0.4) is 0 Å². The van der Waals surface area contributed by atoms with Gasteiger partial charge in [0.2, 0.25) is 0 Å². The van der Waals surface area contributed by atoms with Gasteiger partial charge in [-0.2, -0.15) is 0 Å². The van der Waals surface area contributed by atoms with Crippen molar-refractivity contribution in [3.63, 3.8) is 0 Å². The number of aliphatic hydroxyl groups excluding tert-OH is 1. The van der Waals surface area contributed by atoms with E-state index in [1.165, 1.54) is 42.5 Å². The molecule has 1 saturated heterocycles. The molecule has 3 N–H and O–H groups in total. The minimum atomic E-state index is -4.25. The first-order valence-corrected chi connectivity index (χ1v) is 11.8. The van der Waals surface area contributed by atoms with Crippen molar-refractivity contribution >= 4 is 54.4 Å². The maximum absolute atomic E-state index is 13.3. The first kappa shape index (κ1) is 20.2. The molecule has 0 aliphatic carbocycles. The summed E-state index contributed by atoms with van der Waals surface area (Å²) in [4.78, 5) is -0.176. The van der Waals surface area contributed by atoms with E-state index in [2.05, 4.69) is 0 Å². The number of sulfone groups is 1. The molecule has 0 saturated carbocycles. The van der Waals surface area contributed by atoms with Gasteiger partial charge in [-0.3, -0.25) is 4.31 Å². The average Bonchev–Trinajstić information content (AvgIpc) is 2.84. The highest BCUT2D eigenvalue weighted by atomic mass is 35.5. The van der Waals surface area contributed by atoms with Crippen LogP contribution in [0, 0.1) is 0 Å². The van der Waals surface area contributed by atoms with E-state index in [0.717, 1.165) is 4.31 Å². The van der Waals surface area contributed by atoms with Crippen LogP contribution in [0.15, 0.2) is 47.4 Å². The summed E-state index contributed by atoms with van der Waals surface area (Å²) < 4.78 is 51.5. The molecule has 0 amide bonds. The van der Waals surface area contributed by atoms with Crippen LogP contribution in [0.4, 0.5) is 11.4 Å². The van der Waals surface area contributed by atoms with Gasteiger partial charge in [-0.25, -0.2) is 16.8 Å². The van der Waals surface area contributed by atoms with E-state index in [-0.39, 0.29) is 20.6 Å². The predicted octanol–water partition coefficient (Wildman–Crippen LogP) is 1.93. The van der Waals surface area contributed by atoms with E-state index in [9.17, 15) is 21.9 Å². The van der Waals surface area contributed by atoms with Crippen LogP contribution in [-0.4, -0.2) is 45.6 Å². The first-order chi connectivity index (χ1) is 12.5. The van der Waals surface area contributed by atoms with Crippen LogP contribution >= 0.6 is 23.2 Å². The van der Waals surface area contributed by atoms with E-state index in [1.54, 1.807) is 0 Å². The largest absolute Gasteiger partial charge is 0.399 e. The molecule has 2 aromatic carbocycles. The molecule has 1 aliphatic heterocycles. The minimum absolute atomic E-state index is 0.0367. The molecule has 146 valence electrons. The highest BCUT2D eigenvalue weighted by Crippen LogP contribution is 2.33. The highest BCUT2D eigenvalue weighted by Gasteiger charge is 2.45. The number of nitrogens with two attached hydrogens (primary N) is 1.